The molecule has 0 fully saturated rings. The van der Waals surface area contributed by atoms with Crippen LogP contribution in [0.15, 0.2) is 18.2 Å². The molecule has 2 N–H and O–H groups in total. The van der Waals surface area contributed by atoms with Gasteiger partial charge in [0.25, 0.3) is 0 Å². The second-order valence-corrected chi connectivity index (χ2v) is 6.07. The third-order valence-electron chi connectivity index (χ3n) is 3.66. The average Bonchev–Trinajstić information content (AvgIpc) is 2.96. The Balaban J connectivity index is 2.49. The number of nitrogens with zero attached hydrogens (tertiary/aromatic N) is 1. The van der Waals surface area contributed by atoms with Gasteiger partial charge in [0, 0.05) is 18.7 Å². The van der Waals surface area contributed by atoms with Crippen molar-refractivity contribution in [3.8, 4) is 22.8 Å². The molecule has 0 atom stereocenters. The van der Waals surface area contributed by atoms with Crippen LogP contribution in [0.25, 0.3) is 11.3 Å². The van der Waals surface area contributed by atoms with Crippen molar-refractivity contribution in [2.75, 3.05) is 33.3 Å². The van der Waals surface area contributed by atoms with Crippen molar-refractivity contribution in [1.29, 1.82) is 0 Å². The van der Waals surface area contributed by atoms with Gasteiger partial charge in [-0.3, -0.25) is 9.89 Å². The highest BCUT2D eigenvalue weighted by Gasteiger charge is 2.21. The monoisotopic (exact) mass is 347 g/mol. The first-order chi connectivity index (χ1) is 12.0. The number of H-pyrrole nitrogens is 1. The van der Waals surface area contributed by atoms with E-state index in [0.29, 0.717) is 28.8 Å². The van der Waals surface area contributed by atoms with Crippen LogP contribution < -0.4 is 14.8 Å². The van der Waals surface area contributed by atoms with E-state index in [1.807, 2.05) is 12.1 Å². The SMILES string of the molecule is COCC(=O)Nc1c(-c2ccc(OC)cc2OC)n[nH]c1CC(C)C. The van der Waals surface area contributed by atoms with Crippen LogP contribution in [0.5, 0.6) is 11.5 Å². The molecule has 1 heterocycles. The Morgan fingerprint density at radius 1 is 1.24 bits per heavy atom. The summed E-state index contributed by atoms with van der Waals surface area (Å²) in [5, 5.41) is 10.4. The lowest BCUT2D eigenvalue weighted by Crippen LogP contribution is -2.18. The maximum absolute atomic E-state index is 12.1. The average molecular weight is 347 g/mol. The minimum absolute atomic E-state index is 0.0223. The number of benzene rings is 1. The number of hydrogen-bond donors (Lipinski definition) is 2. The summed E-state index contributed by atoms with van der Waals surface area (Å²) in [5.74, 6) is 1.47. The van der Waals surface area contributed by atoms with Gasteiger partial charge in [-0.2, -0.15) is 5.10 Å². The third-order valence-corrected chi connectivity index (χ3v) is 3.66. The summed E-state index contributed by atoms with van der Waals surface area (Å²) in [6, 6.07) is 5.47. The minimum Gasteiger partial charge on any atom is -0.497 e. The maximum atomic E-state index is 12.1. The van der Waals surface area contributed by atoms with E-state index in [4.69, 9.17) is 14.2 Å². The molecule has 7 heteroatoms. The fourth-order valence-corrected chi connectivity index (χ4v) is 2.56. The van der Waals surface area contributed by atoms with Crippen molar-refractivity contribution in [3.05, 3.63) is 23.9 Å². The number of methoxy groups -OCH3 is 3. The standard InChI is InChI=1S/C18H25N3O4/c1-11(2)8-14-18(19-16(22)10-23-3)17(21-20-14)13-7-6-12(24-4)9-15(13)25-5/h6-7,9,11H,8,10H2,1-5H3,(H,19,22)(H,20,21). The molecule has 1 aromatic heterocycles. The number of carbonyl (C=O) groups excluding carboxylic acids is 1. The molecule has 136 valence electrons. The summed E-state index contributed by atoms with van der Waals surface area (Å²) in [5.41, 5.74) is 2.91. The van der Waals surface area contributed by atoms with Crippen molar-refractivity contribution in [3.63, 3.8) is 0 Å². The first kappa shape index (κ1) is 18.8. The molecule has 0 aliphatic rings. The van der Waals surface area contributed by atoms with Gasteiger partial charge in [0.2, 0.25) is 5.91 Å². The highest BCUT2D eigenvalue weighted by atomic mass is 16.5. The lowest BCUT2D eigenvalue weighted by atomic mass is 10.0. The van der Waals surface area contributed by atoms with Crippen LogP contribution in [0.2, 0.25) is 0 Å². The molecule has 0 aliphatic carbocycles. The van der Waals surface area contributed by atoms with E-state index in [1.165, 1.54) is 7.11 Å². The van der Waals surface area contributed by atoms with E-state index in [0.717, 1.165) is 17.7 Å². The third kappa shape index (κ3) is 4.51. The number of aromatic amines is 1. The zero-order valence-corrected chi connectivity index (χ0v) is 15.3. The van der Waals surface area contributed by atoms with Gasteiger partial charge in [0.15, 0.2) is 0 Å². The van der Waals surface area contributed by atoms with Gasteiger partial charge < -0.3 is 19.5 Å². The predicted molar refractivity (Wildman–Crippen MR) is 96.2 cm³/mol. The topological polar surface area (TPSA) is 85.5 Å². The normalized spacial score (nSPS) is 10.8. The summed E-state index contributed by atoms with van der Waals surface area (Å²) in [6.07, 6.45) is 0.758. The molecule has 2 aromatic rings. The number of aromatic nitrogens is 2. The molecule has 0 aliphatic heterocycles. The van der Waals surface area contributed by atoms with Gasteiger partial charge in [0.05, 0.1) is 25.6 Å². The second kappa shape index (κ2) is 8.53. The Labute approximate surface area is 147 Å². The highest BCUT2D eigenvalue weighted by Crippen LogP contribution is 2.37. The molecule has 0 bridgehead atoms. The van der Waals surface area contributed by atoms with Gasteiger partial charge in [0.1, 0.15) is 23.8 Å². The van der Waals surface area contributed by atoms with Crippen LogP contribution in [0.3, 0.4) is 0 Å². The Bertz CT molecular complexity index is 725. The molecule has 25 heavy (non-hydrogen) atoms. The van der Waals surface area contributed by atoms with Crippen molar-refractivity contribution >= 4 is 11.6 Å². The molecule has 0 saturated carbocycles. The Kier molecular flexibility index (Phi) is 6.41. The summed E-state index contributed by atoms with van der Waals surface area (Å²) in [6.45, 7) is 4.19. The molecule has 0 saturated heterocycles. The van der Waals surface area contributed by atoms with Gasteiger partial charge in [-0.1, -0.05) is 13.8 Å². The Hall–Kier alpha value is -2.54. The van der Waals surface area contributed by atoms with Crippen molar-refractivity contribution in [1.82, 2.24) is 10.2 Å². The number of anilines is 1. The fraction of sp³-hybridized carbons (Fsp3) is 0.444. The number of nitrogens with one attached hydrogen (secondary N) is 2. The van der Waals surface area contributed by atoms with Gasteiger partial charge in [-0.25, -0.2) is 0 Å². The van der Waals surface area contributed by atoms with E-state index in [9.17, 15) is 4.79 Å². The van der Waals surface area contributed by atoms with E-state index in [-0.39, 0.29) is 12.5 Å². The van der Waals surface area contributed by atoms with Crippen LogP contribution >= 0.6 is 0 Å². The summed E-state index contributed by atoms with van der Waals surface area (Å²) < 4.78 is 15.6. The maximum Gasteiger partial charge on any atom is 0.250 e. The number of ether oxygens (including phenoxy) is 3. The zero-order chi connectivity index (χ0) is 18.4. The lowest BCUT2D eigenvalue weighted by molar-refractivity contribution is -0.119. The van der Waals surface area contributed by atoms with Crippen molar-refractivity contribution in [2.45, 2.75) is 20.3 Å². The summed E-state index contributed by atoms with van der Waals surface area (Å²) >= 11 is 0. The molecular formula is C18H25N3O4. The van der Waals surface area contributed by atoms with E-state index in [1.54, 1.807) is 20.3 Å². The number of rotatable bonds is 8. The Morgan fingerprint density at radius 2 is 2.00 bits per heavy atom. The quantitative estimate of drug-likeness (QED) is 0.767. The van der Waals surface area contributed by atoms with Crippen LogP contribution in [0, 0.1) is 5.92 Å². The molecule has 0 radical (unpaired) electrons. The Morgan fingerprint density at radius 3 is 2.60 bits per heavy atom. The van der Waals surface area contributed by atoms with Crippen LogP contribution in [-0.2, 0) is 16.0 Å². The second-order valence-electron chi connectivity index (χ2n) is 6.07. The molecule has 2 rings (SSSR count). The first-order valence-corrected chi connectivity index (χ1v) is 8.08. The number of carbonyl (C=O) groups is 1. The smallest absolute Gasteiger partial charge is 0.250 e. The highest BCUT2D eigenvalue weighted by molar-refractivity contribution is 5.97. The van der Waals surface area contributed by atoms with Crippen molar-refractivity contribution in [2.24, 2.45) is 5.92 Å². The van der Waals surface area contributed by atoms with Crippen LogP contribution in [-0.4, -0.2) is 44.0 Å². The molecule has 7 nitrogen and oxygen atoms in total. The minimum atomic E-state index is -0.234. The largest absolute Gasteiger partial charge is 0.497 e. The number of amides is 1. The van der Waals surface area contributed by atoms with E-state index < -0.39 is 0 Å². The molecule has 1 amide bonds. The van der Waals surface area contributed by atoms with E-state index in [2.05, 4.69) is 29.4 Å². The van der Waals surface area contributed by atoms with E-state index >= 15 is 0 Å². The number of hydrogen-bond acceptors (Lipinski definition) is 5. The zero-order valence-electron chi connectivity index (χ0n) is 15.3. The van der Waals surface area contributed by atoms with Crippen molar-refractivity contribution < 1.29 is 19.0 Å². The molecule has 0 unspecified atom stereocenters. The van der Waals surface area contributed by atoms with Gasteiger partial charge in [-0.05, 0) is 24.5 Å². The predicted octanol–water partition coefficient (Wildman–Crippen LogP) is 2.88. The van der Waals surface area contributed by atoms with Crippen LogP contribution in [0.1, 0.15) is 19.5 Å². The summed E-state index contributed by atoms with van der Waals surface area (Å²) in [7, 11) is 4.67. The first-order valence-electron chi connectivity index (χ1n) is 8.08. The fourth-order valence-electron chi connectivity index (χ4n) is 2.56. The molecule has 1 aromatic carbocycles. The van der Waals surface area contributed by atoms with Gasteiger partial charge in [-0.15, -0.1) is 0 Å². The molecule has 0 spiro atoms. The lowest BCUT2D eigenvalue weighted by Gasteiger charge is -2.12. The molecular weight excluding hydrogens is 322 g/mol. The van der Waals surface area contributed by atoms with Crippen LogP contribution in [0.4, 0.5) is 5.69 Å². The summed E-state index contributed by atoms with van der Waals surface area (Å²) in [4.78, 5) is 12.1. The van der Waals surface area contributed by atoms with Gasteiger partial charge >= 0.3 is 0 Å².